The molecular weight excluding hydrogens is 286 g/mol. The van der Waals surface area contributed by atoms with Crippen LogP contribution in [0.25, 0.3) is 0 Å². The number of benzene rings is 1. The third-order valence-corrected chi connectivity index (χ3v) is 4.13. The van der Waals surface area contributed by atoms with E-state index in [4.69, 9.17) is 10.5 Å². The van der Waals surface area contributed by atoms with Crippen LogP contribution in [0.4, 0.5) is 11.4 Å². The summed E-state index contributed by atoms with van der Waals surface area (Å²) in [5, 5.41) is 2.84. The zero-order valence-electron chi connectivity index (χ0n) is 13.0. The summed E-state index contributed by atoms with van der Waals surface area (Å²) in [7, 11) is 1.57. The first kappa shape index (κ1) is 17.7. The minimum absolute atomic E-state index is 0.0101. The maximum absolute atomic E-state index is 11.8. The molecule has 0 aromatic heterocycles. The fourth-order valence-electron chi connectivity index (χ4n) is 1.91. The number of nitrogens with zero attached hydrogens (tertiary/aromatic N) is 1. The quantitative estimate of drug-likeness (QED) is 0.541. The molecule has 0 aliphatic rings. The Kier molecular flexibility index (Phi) is 8.00. The molecule has 21 heavy (non-hydrogen) atoms. The van der Waals surface area contributed by atoms with Crippen LogP contribution in [0.15, 0.2) is 18.2 Å². The van der Waals surface area contributed by atoms with Crippen LogP contribution >= 0.6 is 11.8 Å². The van der Waals surface area contributed by atoms with Crippen LogP contribution in [0.5, 0.6) is 5.75 Å². The van der Waals surface area contributed by atoms with Crippen LogP contribution in [-0.4, -0.2) is 49.1 Å². The van der Waals surface area contributed by atoms with E-state index in [0.29, 0.717) is 22.9 Å². The number of methoxy groups -OCH3 is 1. The summed E-state index contributed by atoms with van der Waals surface area (Å²) in [6.07, 6.45) is 0. The predicted molar refractivity (Wildman–Crippen MR) is 91.1 cm³/mol. The van der Waals surface area contributed by atoms with E-state index in [-0.39, 0.29) is 5.91 Å². The molecule has 1 aromatic rings. The summed E-state index contributed by atoms with van der Waals surface area (Å²) in [4.78, 5) is 14.2. The second-order valence-electron chi connectivity index (χ2n) is 4.58. The minimum Gasteiger partial charge on any atom is -0.495 e. The molecule has 0 atom stereocenters. The number of anilines is 2. The topological polar surface area (TPSA) is 67.6 Å². The number of ether oxygens (including phenoxy) is 1. The third kappa shape index (κ3) is 6.27. The van der Waals surface area contributed by atoms with Gasteiger partial charge in [0, 0.05) is 18.0 Å². The molecule has 0 heterocycles. The highest BCUT2D eigenvalue weighted by molar-refractivity contribution is 7.99. The van der Waals surface area contributed by atoms with Gasteiger partial charge < -0.3 is 20.7 Å². The fraction of sp³-hybridized carbons (Fsp3) is 0.533. The van der Waals surface area contributed by atoms with Crippen LogP contribution in [-0.2, 0) is 4.79 Å². The Labute approximate surface area is 131 Å². The van der Waals surface area contributed by atoms with Crippen molar-refractivity contribution in [2.24, 2.45) is 0 Å². The highest BCUT2D eigenvalue weighted by Crippen LogP contribution is 2.24. The smallest absolute Gasteiger partial charge is 0.234 e. The van der Waals surface area contributed by atoms with E-state index < -0.39 is 0 Å². The van der Waals surface area contributed by atoms with Crippen molar-refractivity contribution in [3.63, 3.8) is 0 Å². The second-order valence-corrected chi connectivity index (χ2v) is 5.69. The van der Waals surface area contributed by atoms with E-state index in [2.05, 4.69) is 24.1 Å². The van der Waals surface area contributed by atoms with Crippen molar-refractivity contribution in [3.05, 3.63) is 18.2 Å². The van der Waals surface area contributed by atoms with Gasteiger partial charge in [0.2, 0.25) is 5.91 Å². The van der Waals surface area contributed by atoms with Crippen molar-refractivity contribution in [3.8, 4) is 5.75 Å². The SMILES string of the molecule is CCN(CC)CCSCC(=O)Nc1ccc(OC)c(N)c1. The van der Waals surface area contributed by atoms with E-state index in [9.17, 15) is 4.79 Å². The minimum atomic E-state index is -0.0101. The first-order valence-corrected chi connectivity index (χ1v) is 8.29. The lowest BCUT2D eigenvalue weighted by Gasteiger charge is -2.17. The second kappa shape index (κ2) is 9.52. The third-order valence-electron chi connectivity index (χ3n) is 3.19. The van der Waals surface area contributed by atoms with Crippen molar-refractivity contribution in [1.82, 2.24) is 4.90 Å². The molecule has 1 aromatic carbocycles. The van der Waals surface area contributed by atoms with Gasteiger partial charge in [-0.3, -0.25) is 4.79 Å². The average molecular weight is 311 g/mol. The monoisotopic (exact) mass is 311 g/mol. The number of thioether (sulfide) groups is 1. The Morgan fingerprint density at radius 1 is 1.38 bits per heavy atom. The van der Waals surface area contributed by atoms with Crippen molar-refractivity contribution in [2.45, 2.75) is 13.8 Å². The number of nitrogens with one attached hydrogen (secondary N) is 1. The predicted octanol–water partition coefficient (Wildman–Crippen LogP) is 2.29. The maximum atomic E-state index is 11.8. The number of nitrogens with two attached hydrogens (primary N) is 1. The first-order valence-electron chi connectivity index (χ1n) is 7.14. The van der Waals surface area contributed by atoms with Crippen LogP contribution in [0, 0.1) is 0 Å². The van der Waals surface area contributed by atoms with E-state index in [1.807, 2.05) is 0 Å². The molecule has 0 fully saturated rings. The highest BCUT2D eigenvalue weighted by Gasteiger charge is 2.06. The molecule has 0 unspecified atom stereocenters. The Balaban J connectivity index is 2.32. The molecule has 0 spiro atoms. The number of hydrogen-bond acceptors (Lipinski definition) is 5. The molecule has 0 radical (unpaired) electrons. The number of carbonyl (C=O) groups is 1. The normalized spacial score (nSPS) is 10.7. The summed E-state index contributed by atoms with van der Waals surface area (Å²) in [6.45, 7) is 7.41. The van der Waals surface area contributed by atoms with Crippen molar-refractivity contribution < 1.29 is 9.53 Å². The maximum Gasteiger partial charge on any atom is 0.234 e. The number of hydrogen-bond donors (Lipinski definition) is 2. The Morgan fingerprint density at radius 3 is 2.67 bits per heavy atom. The Hall–Kier alpha value is -1.40. The molecule has 0 aliphatic heterocycles. The molecule has 3 N–H and O–H groups in total. The van der Waals surface area contributed by atoms with Gasteiger partial charge in [-0.15, -0.1) is 0 Å². The Bertz CT molecular complexity index is 451. The van der Waals surface area contributed by atoms with Crippen LogP contribution in [0.2, 0.25) is 0 Å². The van der Waals surface area contributed by atoms with Gasteiger partial charge in [0.15, 0.2) is 0 Å². The summed E-state index contributed by atoms with van der Waals surface area (Å²) >= 11 is 1.64. The summed E-state index contributed by atoms with van der Waals surface area (Å²) < 4.78 is 5.08. The first-order chi connectivity index (χ1) is 10.1. The van der Waals surface area contributed by atoms with Crippen LogP contribution < -0.4 is 15.8 Å². The summed E-state index contributed by atoms with van der Waals surface area (Å²) in [6, 6.07) is 5.24. The highest BCUT2D eigenvalue weighted by atomic mass is 32.2. The standard InChI is InChI=1S/C15H25N3O2S/c1-4-18(5-2)8-9-21-11-15(19)17-12-6-7-14(20-3)13(16)10-12/h6-7,10H,4-5,8-9,11,16H2,1-3H3,(H,17,19). The van der Waals surface area contributed by atoms with Gasteiger partial charge in [0.05, 0.1) is 18.6 Å². The van der Waals surface area contributed by atoms with Gasteiger partial charge in [-0.05, 0) is 31.3 Å². The zero-order chi connectivity index (χ0) is 15.7. The van der Waals surface area contributed by atoms with Gasteiger partial charge >= 0.3 is 0 Å². The van der Waals surface area contributed by atoms with Gasteiger partial charge in [-0.1, -0.05) is 13.8 Å². The van der Waals surface area contributed by atoms with Crippen LogP contribution in [0.3, 0.4) is 0 Å². The van der Waals surface area contributed by atoms with E-state index in [0.717, 1.165) is 25.4 Å². The van der Waals surface area contributed by atoms with E-state index in [1.165, 1.54) is 0 Å². The lowest BCUT2D eigenvalue weighted by atomic mass is 10.2. The molecule has 118 valence electrons. The summed E-state index contributed by atoms with van der Waals surface area (Å²) in [5.74, 6) is 2.01. The molecule has 0 saturated heterocycles. The fourth-order valence-corrected chi connectivity index (χ4v) is 2.70. The molecular formula is C15H25N3O2S. The molecule has 1 amide bonds. The van der Waals surface area contributed by atoms with Gasteiger partial charge in [-0.25, -0.2) is 0 Å². The largest absolute Gasteiger partial charge is 0.495 e. The number of amides is 1. The Morgan fingerprint density at radius 2 is 2.10 bits per heavy atom. The summed E-state index contributed by atoms with van der Waals surface area (Å²) in [5.41, 5.74) is 7.02. The molecule has 0 saturated carbocycles. The lowest BCUT2D eigenvalue weighted by Crippen LogP contribution is -2.26. The van der Waals surface area contributed by atoms with E-state index in [1.54, 1.807) is 37.1 Å². The molecule has 0 bridgehead atoms. The lowest BCUT2D eigenvalue weighted by molar-refractivity contribution is -0.113. The molecule has 1 rings (SSSR count). The number of nitrogen functional groups attached to an aromatic ring is 1. The van der Waals surface area contributed by atoms with Crippen LogP contribution in [0.1, 0.15) is 13.8 Å². The molecule has 6 heteroatoms. The average Bonchev–Trinajstić information content (AvgIpc) is 2.47. The van der Waals surface area contributed by atoms with Crippen molar-refractivity contribution in [2.75, 3.05) is 49.3 Å². The number of rotatable bonds is 9. The molecule has 0 aliphatic carbocycles. The number of carbonyl (C=O) groups excluding carboxylic acids is 1. The van der Waals surface area contributed by atoms with Crippen molar-refractivity contribution >= 4 is 29.0 Å². The van der Waals surface area contributed by atoms with Gasteiger partial charge in [0.1, 0.15) is 5.75 Å². The molecule has 5 nitrogen and oxygen atoms in total. The van der Waals surface area contributed by atoms with Gasteiger partial charge in [0.25, 0.3) is 0 Å². The van der Waals surface area contributed by atoms with Crippen molar-refractivity contribution in [1.29, 1.82) is 0 Å². The zero-order valence-corrected chi connectivity index (χ0v) is 13.8. The van der Waals surface area contributed by atoms with Gasteiger partial charge in [-0.2, -0.15) is 11.8 Å². The van der Waals surface area contributed by atoms with E-state index >= 15 is 0 Å².